The lowest BCUT2D eigenvalue weighted by atomic mass is 10.3. The number of methoxy groups -OCH3 is 1. The van der Waals surface area contributed by atoms with Gasteiger partial charge in [0.25, 0.3) is 15.9 Å². The summed E-state index contributed by atoms with van der Waals surface area (Å²) in [6.07, 6.45) is -4.01. The number of imidazole rings is 1. The monoisotopic (exact) mass is 518 g/mol. The molecule has 1 heterocycles. The Morgan fingerprint density at radius 3 is 2.35 bits per heavy atom. The van der Waals surface area contributed by atoms with Crippen molar-refractivity contribution in [2.75, 3.05) is 17.1 Å². The Morgan fingerprint density at radius 2 is 1.77 bits per heavy atom. The molecule has 2 aromatic carbocycles. The largest absolute Gasteiger partial charge is 0.495 e. The summed E-state index contributed by atoms with van der Waals surface area (Å²) in [7, 11) is -2.84. The smallest absolute Gasteiger partial charge is 0.449 e. The quantitative estimate of drug-likeness (QED) is 0.451. The fourth-order valence-electron chi connectivity index (χ4n) is 2.47. The molecule has 0 fully saturated rings. The number of carbonyl (C=O) groups excluding carboxylic acids is 1. The summed E-state index contributed by atoms with van der Waals surface area (Å²) >= 11 is 3.25. The lowest BCUT2D eigenvalue weighted by Crippen LogP contribution is -2.16. The van der Waals surface area contributed by atoms with Gasteiger partial charge >= 0.3 is 6.18 Å². The Kier molecular flexibility index (Phi) is 6.27. The van der Waals surface area contributed by atoms with Crippen molar-refractivity contribution in [1.82, 2.24) is 9.97 Å². The molecule has 0 aliphatic heterocycles. The van der Waals surface area contributed by atoms with Crippen molar-refractivity contribution in [1.29, 1.82) is 0 Å². The summed E-state index contributed by atoms with van der Waals surface area (Å²) in [5.41, 5.74) is -0.137. The minimum Gasteiger partial charge on any atom is -0.495 e. The first-order chi connectivity index (χ1) is 14.5. The number of carbonyl (C=O) groups is 1. The van der Waals surface area contributed by atoms with E-state index in [-0.39, 0.29) is 22.0 Å². The van der Waals surface area contributed by atoms with Gasteiger partial charge in [-0.15, -0.1) is 0 Å². The van der Waals surface area contributed by atoms with Crippen molar-refractivity contribution in [2.45, 2.75) is 11.1 Å². The van der Waals surface area contributed by atoms with E-state index in [1.54, 1.807) is 12.1 Å². The first kappa shape index (κ1) is 22.6. The van der Waals surface area contributed by atoms with Crippen LogP contribution in [0.4, 0.5) is 24.5 Å². The number of sulfonamides is 1. The molecule has 0 spiro atoms. The van der Waals surface area contributed by atoms with E-state index in [1.165, 1.54) is 31.4 Å². The van der Waals surface area contributed by atoms with Gasteiger partial charge in [-0.25, -0.2) is 13.4 Å². The number of aromatic amines is 1. The average Bonchev–Trinajstić information content (AvgIpc) is 3.20. The highest BCUT2D eigenvalue weighted by Crippen LogP contribution is 2.30. The number of halogens is 4. The number of hydrogen-bond acceptors (Lipinski definition) is 5. The third-order valence-corrected chi connectivity index (χ3v) is 5.83. The summed E-state index contributed by atoms with van der Waals surface area (Å²) in [6.45, 7) is 0. The Morgan fingerprint density at radius 1 is 1.13 bits per heavy atom. The molecule has 31 heavy (non-hydrogen) atoms. The molecule has 1 amide bonds. The highest BCUT2D eigenvalue weighted by atomic mass is 79.9. The number of amides is 1. The van der Waals surface area contributed by atoms with Gasteiger partial charge in [0.15, 0.2) is 0 Å². The van der Waals surface area contributed by atoms with Crippen LogP contribution in [0, 0.1) is 0 Å². The van der Waals surface area contributed by atoms with Gasteiger partial charge in [-0.05, 0) is 42.5 Å². The van der Waals surface area contributed by atoms with Gasteiger partial charge < -0.3 is 15.0 Å². The topological polar surface area (TPSA) is 113 Å². The number of H-pyrrole nitrogens is 1. The van der Waals surface area contributed by atoms with Crippen molar-refractivity contribution < 1.29 is 31.1 Å². The van der Waals surface area contributed by atoms with Crippen LogP contribution in [0.3, 0.4) is 0 Å². The van der Waals surface area contributed by atoms with E-state index in [1.807, 2.05) is 4.98 Å². The van der Waals surface area contributed by atoms with Crippen LogP contribution in [0.5, 0.6) is 5.75 Å². The maximum absolute atomic E-state index is 12.8. The molecule has 3 N–H and O–H groups in total. The predicted molar refractivity (Wildman–Crippen MR) is 109 cm³/mol. The van der Waals surface area contributed by atoms with Gasteiger partial charge in [0.2, 0.25) is 5.82 Å². The number of nitrogens with zero attached hydrogens (tertiary/aromatic N) is 1. The summed E-state index contributed by atoms with van der Waals surface area (Å²) in [5.74, 6) is -2.25. The number of alkyl halides is 3. The Hall–Kier alpha value is -3.06. The molecule has 13 heteroatoms. The SMILES string of the molecule is COc1ccc(NC(=O)c2cnc(C(F)(F)F)[nH]2)cc1S(=O)(=O)Nc1ccc(Br)cc1. The van der Waals surface area contributed by atoms with Crippen LogP contribution in [-0.2, 0) is 16.2 Å². The zero-order valence-corrected chi connectivity index (χ0v) is 18.0. The zero-order chi connectivity index (χ0) is 22.8. The number of ether oxygens (including phenoxy) is 1. The van der Waals surface area contributed by atoms with Crippen LogP contribution in [0.25, 0.3) is 0 Å². The lowest BCUT2D eigenvalue weighted by Gasteiger charge is -2.13. The highest BCUT2D eigenvalue weighted by Gasteiger charge is 2.35. The van der Waals surface area contributed by atoms with E-state index in [0.29, 0.717) is 0 Å². The Labute approximate surface area is 183 Å². The van der Waals surface area contributed by atoms with E-state index in [2.05, 4.69) is 31.0 Å². The molecule has 0 atom stereocenters. The van der Waals surface area contributed by atoms with Crippen LogP contribution < -0.4 is 14.8 Å². The second-order valence-corrected chi connectivity index (χ2v) is 8.64. The van der Waals surface area contributed by atoms with Gasteiger partial charge in [0.05, 0.1) is 13.3 Å². The van der Waals surface area contributed by atoms with Crippen molar-refractivity contribution in [3.63, 3.8) is 0 Å². The Bertz CT molecular complexity index is 1210. The zero-order valence-electron chi connectivity index (χ0n) is 15.6. The molecule has 0 radical (unpaired) electrons. The minimum absolute atomic E-state index is 0.00325. The van der Waals surface area contributed by atoms with E-state index in [4.69, 9.17) is 4.74 Å². The summed E-state index contributed by atoms with van der Waals surface area (Å²) in [4.78, 5) is 16.9. The normalized spacial score (nSPS) is 11.8. The molecule has 8 nitrogen and oxygen atoms in total. The van der Waals surface area contributed by atoms with Gasteiger partial charge in [0, 0.05) is 15.8 Å². The van der Waals surface area contributed by atoms with E-state index < -0.39 is 33.6 Å². The van der Waals surface area contributed by atoms with Crippen molar-refractivity contribution in [3.05, 3.63) is 64.7 Å². The predicted octanol–water partition coefficient (Wildman–Crippen LogP) is 4.25. The minimum atomic E-state index is -4.74. The maximum atomic E-state index is 12.8. The fourth-order valence-corrected chi connectivity index (χ4v) is 3.99. The third kappa shape index (κ3) is 5.35. The summed E-state index contributed by atoms with van der Waals surface area (Å²) < 4.78 is 71.8. The standard InChI is InChI=1S/C18H14BrF3N4O4S/c1-30-14-7-6-12(24-16(27)13-9-23-17(25-13)18(20,21)22)8-15(14)31(28,29)26-11-4-2-10(19)3-5-11/h2-9,26H,1H3,(H,23,25)(H,24,27). The number of anilines is 2. The van der Waals surface area contributed by atoms with E-state index in [9.17, 15) is 26.4 Å². The molecule has 0 bridgehead atoms. The van der Waals surface area contributed by atoms with Crippen LogP contribution in [0.2, 0.25) is 0 Å². The van der Waals surface area contributed by atoms with Crippen LogP contribution in [0.15, 0.2) is 58.0 Å². The van der Waals surface area contributed by atoms with Gasteiger partial charge in [-0.2, -0.15) is 13.2 Å². The van der Waals surface area contributed by atoms with Crippen LogP contribution in [0.1, 0.15) is 16.3 Å². The fraction of sp³-hybridized carbons (Fsp3) is 0.111. The van der Waals surface area contributed by atoms with Crippen LogP contribution in [-0.4, -0.2) is 31.4 Å². The van der Waals surface area contributed by atoms with E-state index >= 15 is 0 Å². The number of rotatable bonds is 6. The molecule has 164 valence electrons. The molecular weight excluding hydrogens is 505 g/mol. The molecule has 0 aliphatic carbocycles. The molecule has 0 unspecified atom stereocenters. The van der Waals surface area contributed by atoms with Crippen molar-refractivity contribution in [3.8, 4) is 5.75 Å². The Balaban J connectivity index is 1.87. The second kappa shape index (κ2) is 8.59. The molecule has 3 rings (SSSR count). The number of benzene rings is 2. The summed E-state index contributed by atoms with van der Waals surface area (Å²) in [6, 6.07) is 10.1. The van der Waals surface area contributed by atoms with Crippen molar-refractivity contribution >= 4 is 43.2 Å². The molecule has 0 saturated carbocycles. The molecule has 0 aliphatic rings. The molecule has 3 aromatic rings. The van der Waals surface area contributed by atoms with Gasteiger partial charge in [-0.1, -0.05) is 15.9 Å². The van der Waals surface area contributed by atoms with Crippen molar-refractivity contribution in [2.24, 2.45) is 0 Å². The summed E-state index contributed by atoms with van der Waals surface area (Å²) in [5, 5.41) is 2.33. The second-order valence-electron chi connectivity index (χ2n) is 6.08. The van der Waals surface area contributed by atoms with E-state index in [0.717, 1.165) is 16.7 Å². The third-order valence-electron chi connectivity index (χ3n) is 3.90. The van der Waals surface area contributed by atoms with Gasteiger partial charge in [-0.3, -0.25) is 9.52 Å². The first-order valence-corrected chi connectivity index (χ1v) is 10.7. The lowest BCUT2D eigenvalue weighted by molar-refractivity contribution is -0.144. The molecule has 1 aromatic heterocycles. The molecule has 0 saturated heterocycles. The number of nitrogens with one attached hydrogen (secondary N) is 3. The maximum Gasteiger partial charge on any atom is 0.449 e. The first-order valence-electron chi connectivity index (χ1n) is 8.39. The van der Waals surface area contributed by atoms with Gasteiger partial charge in [0.1, 0.15) is 16.3 Å². The van der Waals surface area contributed by atoms with Crippen LogP contribution >= 0.6 is 15.9 Å². The number of aromatic nitrogens is 2. The number of hydrogen-bond donors (Lipinski definition) is 3. The average molecular weight is 519 g/mol. The highest BCUT2D eigenvalue weighted by molar-refractivity contribution is 9.10. The molecular formula is C18H14BrF3N4O4S.